The second-order valence-electron chi connectivity index (χ2n) is 3.68. The van der Waals surface area contributed by atoms with Gasteiger partial charge in [0.05, 0.1) is 5.69 Å². The van der Waals surface area contributed by atoms with Gasteiger partial charge in [0.15, 0.2) is 0 Å². The number of rotatable bonds is 3. The van der Waals surface area contributed by atoms with Gasteiger partial charge in [-0.3, -0.25) is 0 Å². The molecule has 0 atom stereocenters. The minimum absolute atomic E-state index is 0.230. The molecule has 0 aliphatic carbocycles. The van der Waals surface area contributed by atoms with Crippen LogP contribution in [0.5, 0.6) is 0 Å². The van der Waals surface area contributed by atoms with Gasteiger partial charge in [-0.25, -0.2) is 8.78 Å². The Bertz CT molecular complexity index is 527. The smallest absolute Gasteiger partial charge is 0.148 e. The Hall–Kier alpha value is -2.10. The van der Waals surface area contributed by atoms with E-state index in [1.54, 1.807) is 24.3 Å². The fourth-order valence-electron chi connectivity index (χ4n) is 1.51. The molecule has 3 N–H and O–H groups in total. The normalized spacial score (nSPS) is 10.2. The first-order chi connectivity index (χ1) is 8.16. The van der Waals surface area contributed by atoms with Crippen LogP contribution >= 0.6 is 0 Å². The Morgan fingerprint density at radius 3 is 2.47 bits per heavy atom. The Labute approximate surface area is 98.1 Å². The average Bonchev–Trinajstić information content (AvgIpc) is 2.30. The highest BCUT2D eigenvalue weighted by molar-refractivity contribution is 5.52. The van der Waals surface area contributed by atoms with Gasteiger partial charge in [0.2, 0.25) is 0 Å². The van der Waals surface area contributed by atoms with Crippen molar-refractivity contribution in [3.8, 4) is 0 Å². The highest BCUT2D eigenvalue weighted by Crippen LogP contribution is 2.18. The molecule has 0 aliphatic rings. The van der Waals surface area contributed by atoms with Crippen molar-refractivity contribution in [3.05, 3.63) is 59.7 Å². The van der Waals surface area contributed by atoms with Gasteiger partial charge in [-0.2, -0.15) is 0 Å². The van der Waals surface area contributed by atoms with Crippen LogP contribution in [0.2, 0.25) is 0 Å². The predicted molar refractivity (Wildman–Crippen MR) is 64.5 cm³/mol. The first-order valence-corrected chi connectivity index (χ1v) is 5.19. The minimum atomic E-state index is -0.443. The highest BCUT2D eigenvalue weighted by atomic mass is 19.1. The number of benzene rings is 2. The zero-order valence-corrected chi connectivity index (χ0v) is 9.08. The SMILES string of the molecule is Nc1ccc(NCc2ccccc2F)c(F)c1. The van der Waals surface area contributed by atoms with Gasteiger partial charge >= 0.3 is 0 Å². The molecule has 17 heavy (non-hydrogen) atoms. The van der Waals surface area contributed by atoms with Gasteiger partial charge in [-0.05, 0) is 24.3 Å². The molecule has 0 aliphatic heterocycles. The van der Waals surface area contributed by atoms with Crippen LogP contribution in [0.4, 0.5) is 20.2 Å². The molecule has 0 aromatic heterocycles. The zero-order chi connectivity index (χ0) is 12.3. The third kappa shape index (κ3) is 2.72. The van der Waals surface area contributed by atoms with E-state index in [0.717, 1.165) is 0 Å². The summed E-state index contributed by atoms with van der Waals surface area (Å²) in [5.41, 5.74) is 6.59. The van der Waals surface area contributed by atoms with Gasteiger partial charge in [-0.15, -0.1) is 0 Å². The number of anilines is 2. The van der Waals surface area contributed by atoms with Gasteiger partial charge in [-0.1, -0.05) is 18.2 Å². The van der Waals surface area contributed by atoms with Crippen LogP contribution in [0.1, 0.15) is 5.56 Å². The molecule has 0 radical (unpaired) electrons. The van der Waals surface area contributed by atoms with E-state index in [1.807, 2.05) is 0 Å². The molecular weight excluding hydrogens is 222 g/mol. The summed E-state index contributed by atoms with van der Waals surface area (Å²) in [6, 6.07) is 10.7. The molecule has 2 nitrogen and oxygen atoms in total. The Kier molecular flexibility index (Phi) is 3.23. The zero-order valence-electron chi connectivity index (χ0n) is 9.08. The van der Waals surface area contributed by atoms with Crippen LogP contribution in [0.15, 0.2) is 42.5 Å². The molecule has 88 valence electrons. The summed E-state index contributed by atoms with van der Waals surface area (Å²) in [5.74, 6) is -0.753. The van der Waals surface area contributed by atoms with Gasteiger partial charge < -0.3 is 11.1 Å². The molecule has 4 heteroatoms. The van der Waals surface area contributed by atoms with Crippen molar-refractivity contribution in [1.29, 1.82) is 0 Å². The molecule has 0 spiro atoms. The fraction of sp³-hybridized carbons (Fsp3) is 0.0769. The summed E-state index contributed by atoms with van der Waals surface area (Å²) in [6.45, 7) is 0.230. The van der Waals surface area contributed by atoms with Gasteiger partial charge in [0.25, 0.3) is 0 Å². The summed E-state index contributed by atoms with van der Waals surface area (Å²) >= 11 is 0. The van der Waals surface area contributed by atoms with E-state index >= 15 is 0 Å². The van der Waals surface area contributed by atoms with Gasteiger partial charge in [0, 0.05) is 17.8 Å². The second kappa shape index (κ2) is 4.82. The van der Waals surface area contributed by atoms with E-state index in [0.29, 0.717) is 16.9 Å². The number of nitrogens with one attached hydrogen (secondary N) is 1. The lowest BCUT2D eigenvalue weighted by Gasteiger charge is -2.08. The molecule has 0 fully saturated rings. The van der Waals surface area contributed by atoms with Crippen molar-refractivity contribution in [2.75, 3.05) is 11.1 Å². The number of nitrogens with two attached hydrogens (primary N) is 1. The molecule has 0 heterocycles. The standard InChI is InChI=1S/C13H12F2N2/c14-11-4-2-1-3-9(11)8-17-13-6-5-10(16)7-12(13)15/h1-7,17H,8,16H2. The summed E-state index contributed by atoms with van der Waals surface area (Å²) in [4.78, 5) is 0. The van der Waals surface area contributed by atoms with Crippen molar-refractivity contribution >= 4 is 11.4 Å². The third-order valence-corrected chi connectivity index (χ3v) is 2.42. The van der Waals surface area contributed by atoms with Crippen molar-refractivity contribution in [2.45, 2.75) is 6.54 Å². The quantitative estimate of drug-likeness (QED) is 0.800. The summed E-state index contributed by atoms with van der Waals surface area (Å²) in [6.07, 6.45) is 0. The van der Waals surface area contributed by atoms with Crippen LogP contribution in [-0.4, -0.2) is 0 Å². The molecular formula is C13H12F2N2. The lowest BCUT2D eigenvalue weighted by Crippen LogP contribution is -2.03. The van der Waals surface area contributed by atoms with E-state index in [4.69, 9.17) is 5.73 Å². The van der Waals surface area contributed by atoms with Crippen molar-refractivity contribution < 1.29 is 8.78 Å². The molecule has 0 saturated carbocycles. The van der Waals surface area contributed by atoms with E-state index in [1.165, 1.54) is 18.2 Å². The average molecular weight is 234 g/mol. The van der Waals surface area contributed by atoms with Crippen LogP contribution in [0.3, 0.4) is 0 Å². The summed E-state index contributed by atoms with van der Waals surface area (Å²) in [5, 5.41) is 2.83. The van der Waals surface area contributed by atoms with Crippen molar-refractivity contribution in [3.63, 3.8) is 0 Å². The summed E-state index contributed by atoms with van der Waals surface area (Å²) < 4.78 is 26.7. The van der Waals surface area contributed by atoms with Crippen molar-refractivity contribution in [2.24, 2.45) is 0 Å². The predicted octanol–water partition coefficient (Wildman–Crippen LogP) is 3.16. The number of hydrogen-bond donors (Lipinski definition) is 2. The van der Waals surface area contributed by atoms with E-state index in [-0.39, 0.29) is 12.4 Å². The number of hydrogen-bond acceptors (Lipinski definition) is 2. The number of nitrogen functional groups attached to an aromatic ring is 1. The van der Waals surface area contributed by atoms with Crippen LogP contribution in [0.25, 0.3) is 0 Å². The Morgan fingerprint density at radius 2 is 1.76 bits per heavy atom. The molecule has 2 aromatic rings. The molecule has 0 saturated heterocycles. The lowest BCUT2D eigenvalue weighted by atomic mass is 10.2. The second-order valence-corrected chi connectivity index (χ2v) is 3.68. The first-order valence-electron chi connectivity index (χ1n) is 5.19. The van der Waals surface area contributed by atoms with E-state index in [2.05, 4.69) is 5.32 Å². The molecule has 2 aromatic carbocycles. The highest BCUT2D eigenvalue weighted by Gasteiger charge is 2.04. The molecule has 0 unspecified atom stereocenters. The van der Waals surface area contributed by atoms with E-state index < -0.39 is 5.82 Å². The van der Waals surface area contributed by atoms with E-state index in [9.17, 15) is 8.78 Å². The Morgan fingerprint density at radius 1 is 1.00 bits per heavy atom. The van der Waals surface area contributed by atoms with Crippen LogP contribution in [-0.2, 0) is 6.54 Å². The maximum Gasteiger partial charge on any atom is 0.148 e. The summed E-state index contributed by atoms with van der Waals surface area (Å²) in [7, 11) is 0. The largest absolute Gasteiger partial charge is 0.399 e. The first kappa shape index (κ1) is 11.4. The Balaban J connectivity index is 2.10. The van der Waals surface area contributed by atoms with Gasteiger partial charge in [0.1, 0.15) is 11.6 Å². The maximum absolute atomic E-state index is 13.4. The molecule has 0 bridgehead atoms. The lowest BCUT2D eigenvalue weighted by molar-refractivity contribution is 0.610. The molecule has 0 amide bonds. The molecule has 2 rings (SSSR count). The third-order valence-electron chi connectivity index (χ3n) is 2.42. The van der Waals surface area contributed by atoms with Crippen LogP contribution < -0.4 is 11.1 Å². The van der Waals surface area contributed by atoms with Crippen molar-refractivity contribution in [1.82, 2.24) is 0 Å². The number of halogens is 2. The van der Waals surface area contributed by atoms with Crippen LogP contribution in [0, 0.1) is 11.6 Å². The fourth-order valence-corrected chi connectivity index (χ4v) is 1.51. The minimum Gasteiger partial charge on any atom is -0.399 e. The maximum atomic E-state index is 13.4. The topological polar surface area (TPSA) is 38.0 Å². The monoisotopic (exact) mass is 234 g/mol.